The minimum Gasteiger partial charge on any atom is -0.477 e. The van der Waals surface area contributed by atoms with Crippen LogP contribution in [0, 0.1) is 5.92 Å². The minimum absolute atomic E-state index is 0.192. The van der Waals surface area contributed by atoms with Crippen molar-refractivity contribution in [2.45, 2.75) is 20.3 Å². The van der Waals surface area contributed by atoms with Gasteiger partial charge in [0.05, 0.1) is 0 Å². The molecule has 0 amide bonds. The van der Waals surface area contributed by atoms with Gasteiger partial charge in [0.2, 0.25) is 0 Å². The van der Waals surface area contributed by atoms with Crippen molar-refractivity contribution >= 4 is 5.97 Å². The summed E-state index contributed by atoms with van der Waals surface area (Å²) in [6.07, 6.45) is 2.33. The van der Waals surface area contributed by atoms with Crippen LogP contribution in [0.4, 0.5) is 0 Å². The topological polar surface area (TPSA) is 70.2 Å². The fourth-order valence-corrected chi connectivity index (χ4v) is 1.28. The maximum Gasteiger partial charge on any atom is 0.341 e. The highest BCUT2D eigenvalue weighted by atomic mass is 16.4. The first-order valence-electron chi connectivity index (χ1n) is 4.45. The van der Waals surface area contributed by atoms with Gasteiger partial charge in [-0.1, -0.05) is 13.8 Å². The summed E-state index contributed by atoms with van der Waals surface area (Å²) in [7, 11) is 0. The maximum atomic E-state index is 11.1. The Bertz CT molecular complexity index is 393. The lowest BCUT2D eigenvalue weighted by Crippen LogP contribution is -2.17. The number of carboxylic acids is 1. The van der Waals surface area contributed by atoms with Gasteiger partial charge in [-0.25, -0.2) is 4.79 Å². The number of nitrogens with one attached hydrogen (secondary N) is 1. The van der Waals surface area contributed by atoms with E-state index in [1.807, 2.05) is 13.8 Å². The van der Waals surface area contributed by atoms with Gasteiger partial charge in [-0.3, -0.25) is 4.79 Å². The van der Waals surface area contributed by atoms with Crippen LogP contribution in [0.2, 0.25) is 0 Å². The number of rotatable bonds is 3. The minimum atomic E-state index is -1.18. The zero-order chi connectivity index (χ0) is 10.7. The van der Waals surface area contributed by atoms with Crippen LogP contribution < -0.4 is 5.56 Å². The average molecular weight is 195 g/mol. The van der Waals surface area contributed by atoms with Gasteiger partial charge in [0.25, 0.3) is 5.56 Å². The number of hydrogen-bond acceptors (Lipinski definition) is 2. The van der Waals surface area contributed by atoms with Crippen molar-refractivity contribution in [1.29, 1.82) is 0 Å². The molecular weight excluding hydrogens is 182 g/mol. The van der Waals surface area contributed by atoms with E-state index in [1.165, 1.54) is 6.07 Å². The second-order valence-corrected chi connectivity index (χ2v) is 3.65. The number of aromatic nitrogens is 1. The number of aromatic amines is 1. The Morgan fingerprint density at radius 2 is 2.21 bits per heavy atom. The Hall–Kier alpha value is -1.58. The van der Waals surface area contributed by atoms with Crippen LogP contribution in [-0.4, -0.2) is 16.1 Å². The van der Waals surface area contributed by atoms with Crippen LogP contribution in [0.5, 0.6) is 0 Å². The molecule has 4 nitrogen and oxygen atoms in total. The summed E-state index contributed by atoms with van der Waals surface area (Å²) < 4.78 is 0. The van der Waals surface area contributed by atoms with E-state index >= 15 is 0 Å². The molecule has 0 atom stereocenters. The standard InChI is InChI=1S/C10H13NO3/c1-6(2)3-7-4-8(10(13)14)9(12)11-5-7/h4-6H,3H2,1-2H3,(H,11,12)(H,13,14). The molecule has 1 rings (SSSR count). The third kappa shape index (κ3) is 2.45. The molecule has 0 fully saturated rings. The van der Waals surface area contributed by atoms with E-state index in [-0.39, 0.29) is 5.56 Å². The molecule has 0 radical (unpaired) electrons. The Morgan fingerprint density at radius 1 is 1.57 bits per heavy atom. The molecule has 2 N–H and O–H groups in total. The molecule has 0 unspecified atom stereocenters. The molecule has 0 aliphatic rings. The summed E-state index contributed by atoms with van der Waals surface area (Å²) >= 11 is 0. The number of carboxylic acid groups (broad SMARTS) is 1. The monoisotopic (exact) mass is 195 g/mol. The lowest BCUT2D eigenvalue weighted by Gasteiger charge is -2.04. The zero-order valence-electron chi connectivity index (χ0n) is 8.20. The lowest BCUT2D eigenvalue weighted by molar-refractivity contribution is 0.0694. The SMILES string of the molecule is CC(C)Cc1c[nH]c(=O)c(C(=O)O)c1. The Morgan fingerprint density at radius 3 is 2.71 bits per heavy atom. The van der Waals surface area contributed by atoms with E-state index in [9.17, 15) is 9.59 Å². The summed E-state index contributed by atoms with van der Waals surface area (Å²) in [5, 5.41) is 8.70. The predicted octanol–water partition coefficient (Wildman–Crippen LogP) is 1.27. The smallest absolute Gasteiger partial charge is 0.341 e. The summed E-state index contributed by atoms with van der Waals surface area (Å²) in [6.45, 7) is 4.07. The van der Waals surface area contributed by atoms with E-state index in [0.717, 1.165) is 12.0 Å². The molecule has 4 heteroatoms. The largest absolute Gasteiger partial charge is 0.477 e. The van der Waals surface area contributed by atoms with E-state index in [0.29, 0.717) is 5.92 Å². The van der Waals surface area contributed by atoms with E-state index in [1.54, 1.807) is 6.20 Å². The van der Waals surface area contributed by atoms with Crippen molar-refractivity contribution in [1.82, 2.24) is 4.98 Å². The van der Waals surface area contributed by atoms with Crippen molar-refractivity contribution in [3.05, 3.63) is 33.7 Å². The fourth-order valence-electron chi connectivity index (χ4n) is 1.28. The van der Waals surface area contributed by atoms with Crippen molar-refractivity contribution in [2.24, 2.45) is 5.92 Å². The van der Waals surface area contributed by atoms with Gasteiger partial charge >= 0.3 is 5.97 Å². The molecule has 0 spiro atoms. The first-order valence-corrected chi connectivity index (χ1v) is 4.45. The first-order chi connectivity index (χ1) is 6.50. The second-order valence-electron chi connectivity index (χ2n) is 3.65. The number of aromatic carboxylic acids is 1. The summed E-state index contributed by atoms with van der Waals surface area (Å²) in [5.74, 6) is -0.751. The van der Waals surface area contributed by atoms with Crippen LogP contribution in [0.1, 0.15) is 29.8 Å². The number of pyridine rings is 1. The highest BCUT2D eigenvalue weighted by molar-refractivity contribution is 5.87. The highest BCUT2D eigenvalue weighted by Crippen LogP contribution is 2.06. The lowest BCUT2D eigenvalue weighted by atomic mass is 10.0. The molecule has 76 valence electrons. The summed E-state index contributed by atoms with van der Waals surface area (Å²) in [5.41, 5.74) is 0.102. The highest BCUT2D eigenvalue weighted by Gasteiger charge is 2.09. The molecule has 14 heavy (non-hydrogen) atoms. The zero-order valence-corrected chi connectivity index (χ0v) is 8.20. The Kier molecular flexibility index (Phi) is 3.06. The summed E-state index contributed by atoms with van der Waals surface area (Å²) in [4.78, 5) is 24.1. The third-order valence-electron chi connectivity index (χ3n) is 1.84. The molecule has 0 saturated carbocycles. The molecule has 1 heterocycles. The molecule has 0 bridgehead atoms. The Balaban J connectivity index is 3.07. The maximum absolute atomic E-state index is 11.1. The fraction of sp³-hybridized carbons (Fsp3) is 0.400. The van der Waals surface area contributed by atoms with E-state index < -0.39 is 11.5 Å². The van der Waals surface area contributed by atoms with Gasteiger partial charge in [0.1, 0.15) is 5.56 Å². The molecule has 0 saturated heterocycles. The molecule has 0 aliphatic heterocycles. The van der Waals surface area contributed by atoms with Crippen molar-refractivity contribution in [3.8, 4) is 0 Å². The first kappa shape index (κ1) is 10.5. The van der Waals surface area contributed by atoms with Crippen LogP contribution in [0.15, 0.2) is 17.1 Å². The third-order valence-corrected chi connectivity index (χ3v) is 1.84. The van der Waals surface area contributed by atoms with Crippen LogP contribution in [0.3, 0.4) is 0 Å². The van der Waals surface area contributed by atoms with Gasteiger partial charge in [-0.15, -0.1) is 0 Å². The normalized spacial score (nSPS) is 10.5. The summed E-state index contributed by atoms with van der Waals surface area (Å²) in [6, 6.07) is 1.43. The van der Waals surface area contributed by atoms with Gasteiger partial charge in [-0.05, 0) is 24.0 Å². The van der Waals surface area contributed by atoms with Crippen molar-refractivity contribution in [3.63, 3.8) is 0 Å². The quantitative estimate of drug-likeness (QED) is 0.763. The van der Waals surface area contributed by atoms with Gasteiger partial charge in [0.15, 0.2) is 0 Å². The van der Waals surface area contributed by atoms with Gasteiger partial charge in [-0.2, -0.15) is 0 Å². The van der Waals surface area contributed by atoms with E-state index in [2.05, 4.69) is 4.98 Å². The molecule has 1 aromatic heterocycles. The Labute approximate surface area is 81.6 Å². The number of H-pyrrole nitrogens is 1. The number of carbonyl (C=O) groups is 1. The predicted molar refractivity (Wildman–Crippen MR) is 52.6 cm³/mol. The van der Waals surface area contributed by atoms with Crippen LogP contribution in [-0.2, 0) is 6.42 Å². The molecule has 0 aromatic carbocycles. The molecular formula is C10H13NO3. The average Bonchev–Trinajstić information content (AvgIpc) is 2.07. The number of hydrogen-bond donors (Lipinski definition) is 2. The molecule has 0 aliphatic carbocycles. The van der Waals surface area contributed by atoms with Crippen molar-refractivity contribution < 1.29 is 9.90 Å². The molecule has 1 aromatic rings. The van der Waals surface area contributed by atoms with E-state index in [4.69, 9.17) is 5.11 Å². The van der Waals surface area contributed by atoms with Crippen molar-refractivity contribution in [2.75, 3.05) is 0 Å². The van der Waals surface area contributed by atoms with Crippen LogP contribution in [0.25, 0.3) is 0 Å². The van der Waals surface area contributed by atoms with Gasteiger partial charge in [0, 0.05) is 6.20 Å². The van der Waals surface area contributed by atoms with Crippen LogP contribution >= 0.6 is 0 Å². The van der Waals surface area contributed by atoms with Gasteiger partial charge < -0.3 is 10.1 Å². The second kappa shape index (κ2) is 4.09.